The molecule has 2 rings (SSSR count). The van der Waals surface area contributed by atoms with Crippen molar-refractivity contribution in [3.05, 3.63) is 35.9 Å². The van der Waals surface area contributed by atoms with Crippen LogP contribution in [0.4, 0.5) is 0 Å². The summed E-state index contributed by atoms with van der Waals surface area (Å²) < 4.78 is 0. The van der Waals surface area contributed by atoms with Crippen LogP contribution in [-0.4, -0.2) is 27.1 Å². The van der Waals surface area contributed by atoms with Crippen molar-refractivity contribution >= 4 is 5.78 Å². The minimum Gasteiger partial charge on any atom is -0.313 e. The molecule has 1 fully saturated rings. The Kier molecular flexibility index (Phi) is 3.54. The van der Waals surface area contributed by atoms with Gasteiger partial charge in [0.05, 0.1) is 5.54 Å². The molecule has 0 saturated carbocycles. The summed E-state index contributed by atoms with van der Waals surface area (Å²) in [6.07, 6.45) is 1.07. The molecular weight excluding hydrogens is 238 g/mol. The number of hydrogen-bond acceptors (Lipinski definition) is 3. The van der Waals surface area contributed by atoms with Gasteiger partial charge < -0.3 is 5.21 Å². The normalized spacial score (nSPS) is 26.4. The highest BCUT2D eigenvalue weighted by Gasteiger charge is 2.51. The number of Topliss-reactive ketones (excluding diaryl/α,β-unsaturated/α-hetero) is 1. The molecule has 1 aliphatic rings. The Labute approximate surface area is 115 Å². The van der Waals surface area contributed by atoms with E-state index in [2.05, 4.69) is 0 Å². The van der Waals surface area contributed by atoms with Gasteiger partial charge in [0, 0.05) is 17.9 Å². The third-order valence-corrected chi connectivity index (χ3v) is 4.25. The molecule has 1 heterocycles. The maximum Gasteiger partial charge on any atom is 0.140 e. The Bertz CT molecular complexity index is 465. The number of benzene rings is 1. The predicted octanol–water partition coefficient (Wildman–Crippen LogP) is 3.07. The smallest absolute Gasteiger partial charge is 0.140 e. The number of carbonyl (C=O) groups excluding carboxylic acids is 1. The van der Waals surface area contributed by atoms with Crippen molar-refractivity contribution in [2.24, 2.45) is 5.92 Å². The summed E-state index contributed by atoms with van der Waals surface area (Å²) in [5.41, 5.74) is 0.102. The first kappa shape index (κ1) is 14.2. The summed E-state index contributed by atoms with van der Waals surface area (Å²) in [4.78, 5) is 12.4. The third-order valence-electron chi connectivity index (χ3n) is 4.25. The number of nitrogens with zero attached hydrogens (tertiary/aromatic N) is 1. The van der Waals surface area contributed by atoms with Gasteiger partial charge >= 0.3 is 0 Å². The van der Waals surface area contributed by atoms with Crippen LogP contribution in [0.1, 0.15) is 39.7 Å². The molecule has 3 heteroatoms. The van der Waals surface area contributed by atoms with Gasteiger partial charge in [0.2, 0.25) is 0 Å². The standard InChI is InChI=1S/C16H23NO2/c1-15(2)11-14(18)13(16(3,4)17(15)19)10-12-8-6-5-7-9-12/h5-9,13,19H,10-11H2,1-4H3. The van der Waals surface area contributed by atoms with Crippen LogP contribution < -0.4 is 0 Å². The fourth-order valence-electron chi connectivity index (χ4n) is 3.16. The minimum atomic E-state index is -0.547. The van der Waals surface area contributed by atoms with E-state index in [4.69, 9.17) is 0 Å². The van der Waals surface area contributed by atoms with Gasteiger partial charge in [-0.05, 0) is 39.7 Å². The molecule has 1 aliphatic heterocycles. The summed E-state index contributed by atoms with van der Waals surface area (Å²) in [7, 11) is 0. The molecule has 0 aromatic heterocycles. The lowest BCUT2D eigenvalue weighted by atomic mass is 9.71. The molecule has 1 atom stereocenters. The molecule has 19 heavy (non-hydrogen) atoms. The van der Waals surface area contributed by atoms with E-state index < -0.39 is 11.1 Å². The predicted molar refractivity (Wildman–Crippen MR) is 75.0 cm³/mol. The molecule has 1 aromatic carbocycles. The highest BCUT2D eigenvalue weighted by molar-refractivity contribution is 5.84. The van der Waals surface area contributed by atoms with E-state index in [-0.39, 0.29) is 11.7 Å². The van der Waals surface area contributed by atoms with E-state index in [0.29, 0.717) is 12.8 Å². The second-order valence-corrected chi connectivity index (χ2v) is 6.66. The summed E-state index contributed by atoms with van der Waals surface area (Å²) in [5.74, 6) is 0.0667. The van der Waals surface area contributed by atoms with Crippen molar-refractivity contribution < 1.29 is 10.0 Å². The van der Waals surface area contributed by atoms with Crippen LogP contribution in [-0.2, 0) is 11.2 Å². The van der Waals surface area contributed by atoms with Crippen LogP contribution in [0.2, 0.25) is 0 Å². The van der Waals surface area contributed by atoms with Gasteiger partial charge in [-0.2, -0.15) is 5.06 Å². The number of rotatable bonds is 2. The molecule has 1 unspecified atom stereocenters. The zero-order valence-corrected chi connectivity index (χ0v) is 12.2. The summed E-state index contributed by atoms with van der Waals surface area (Å²) in [5, 5.41) is 11.8. The Morgan fingerprint density at radius 2 is 1.79 bits per heavy atom. The summed E-state index contributed by atoms with van der Waals surface area (Å²) >= 11 is 0. The topological polar surface area (TPSA) is 40.5 Å². The lowest BCUT2D eigenvalue weighted by Crippen LogP contribution is -2.64. The van der Waals surface area contributed by atoms with E-state index >= 15 is 0 Å². The summed E-state index contributed by atoms with van der Waals surface area (Å²) in [6.45, 7) is 7.70. The number of carbonyl (C=O) groups is 1. The van der Waals surface area contributed by atoms with Crippen LogP contribution in [0, 0.1) is 5.92 Å². The molecule has 0 spiro atoms. The van der Waals surface area contributed by atoms with Crippen LogP contribution >= 0.6 is 0 Å². The Hall–Kier alpha value is -1.19. The first-order valence-electron chi connectivity index (χ1n) is 6.81. The van der Waals surface area contributed by atoms with Crippen molar-refractivity contribution in [2.75, 3.05) is 0 Å². The number of ketones is 1. The Morgan fingerprint density at radius 1 is 1.21 bits per heavy atom. The van der Waals surface area contributed by atoms with Crippen LogP contribution in [0.25, 0.3) is 0 Å². The van der Waals surface area contributed by atoms with E-state index in [9.17, 15) is 10.0 Å². The van der Waals surface area contributed by atoms with Gasteiger partial charge in [-0.25, -0.2) is 0 Å². The lowest BCUT2D eigenvalue weighted by Gasteiger charge is -2.52. The van der Waals surface area contributed by atoms with Gasteiger partial charge in [0.25, 0.3) is 0 Å². The second-order valence-electron chi connectivity index (χ2n) is 6.66. The maximum absolute atomic E-state index is 12.4. The average molecular weight is 261 g/mol. The van der Waals surface area contributed by atoms with E-state index in [1.807, 2.05) is 58.0 Å². The van der Waals surface area contributed by atoms with E-state index in [1.54, 1.807) is 0 Å². The van der Waals surface area contributed by atoms with Crippen LogP contribution in [0.3, 0.4) is 0 Å². The van der Waals surface area contributed by atoms with E-state index in [0.717, 1.165) is 5.56 Å². The Balaban J connectivity index is 2.27. The largest absolute Gasteiger partial charge is 0.313 e. The second kappa shape index (κ2) is 4.73. The molecule has 0 amide bonds. The summed E-state index contributed by atoms with van der Waals surface area (Å²) in [6, 6.07) is 10.0. The van der Waals surface area contributed by atoms with E-state index in [1.165, 1.54) is 5.06 Å². The zero-order chi connectivity index (χ0) is 14.3. The van der Waals surface area contributed by atoms with Gasteiger partial charge in [-0.3, -0.25) is 4.79 Å². The molecule has 3 nitrogen and oxygen atoms in total. The zero-order valence-electron chi connectivity index (χ0n) is 12.2. The molecular formula is C16H23NO2. The SMILES string of the molecule is CC1(C)CC(=O)C(Cc2ccccc2)C(C)(C)N1O. The maximum atomic E-state index is 12.4. The molecule has 1 N–H and O–H groups in total. The highest BCUT2D eigenvalue weighted by atomic mass is 16.5. The molecule has 1 saturated heterocycles. The quantitative estimate of drug-likeness (QED) is 0.889. The van der Waals surface area contributed by atoms with Crippen molar-refractivity contribution in [3.8, 4) is 0 Å². The molecule has 104 valence electrons. The molecule has 0 radical (unpaired) electrons. The fourth-order valence-corrected chi connectivity index (χ4v) is 3.16. The number of hydrogen-bond donors (Lipinski definition) is 1. The van der Waals surface area contributed by atoms with Crippen LogP contribution in [0.15, 0.2) is 30.3 Å². The van der Waals surface area contributed by atoms with Crippen molar-refractivity contribution in [1.82, 2.24) is 5.06 Å². The molecule has 0 aliphatic carbocycles. The number of piperidine rings is 1. The first-order chi connectivity index (χ1) is 8.75. The third kappa shape index (κ3) is 2.58. The first-order valence-corrected chi connectivity index (χ1v) is 6.81. The monoisotopic (exact) mass is 261 g/mol. The lowest BCUT2D eigenvalue weighted by molar-refractivity contribution is -0.250. The van der Waals surface area contributed by atoms with Gasteiger partial charge in [-0.1, -0.05) is 30.3 Å². The minimum absolute atomic E-state index is 0.173. The number of hydroxylamine groups is 2. The Morgan fingerprint density at radius 3 is 2.37 bits per heavy atom. The molecule has 1 aromatic rings. The molecule has 0 bridgehead atoms. The highest BCUT2D eigenvalue weighted by Crippen LogP contribution is 2.40. The van der Waals surface area contributed by atoms with Gasteiger partial charge in [-0.15, -0.1) is 0 Å². The average Bonchev–Trinajstić information content (AvgIpc) is 2.34. The van der Waals surface area contributed by atoms with Crippen molar-refractivity contribution in [2.45, 2.75) is 51.6 Å². The van der Waals surface area contributed by atoms with Crippen molar-refractivity contribution in [1.29, 1.82) is 0 Å². The van der Waals surface area contributed by atoms with Gasteiger partial charge in [0.15, 0.2) is 0 Å². The fraction of sp³-hybridized carbons (Fsp3) is 0.562. The van der Waals surface area contributed by atoms with Crippen molar-refractivity contribution in [3.63, 3.8) is 0 Å². The van der Waals surface area contributed by atoms with Gasteiger partial charge in [0.1, 0.15) is 5.78 Å². The van der Waals surface area contributed by atoms with Crippen LogP contribution in [0.5, 0.6) is 0 Å².